The van der Waals surface area contributed by atoms with E-state index in [1.54, 1.807) is 4.90 Å². The molecule has 1 N–H and O–H groups in total. The molecule has 0 bridgehead atoms. The van der Waals surface area contributed by atoms with E-state index in [9.17, 15) is 9.59 Å². The van der Waals surface area contributed by atoms with Gasteiger partial charge >= 0.3 is 0 Å². The molecule has 3 aromatic rings. The number of hydrogen-bond donors (Lipinski definition) is 1. The summed E-state index contributed by atoms with van der Waals surface area (Å²) in [5.41, 5.74) is 1.65. The van der Waals surface area contributed by atoms with Crippen LogP contribution in [0.1, 0.15) is 48.7 Å². The molecule has 0 spiro atoms. The molecule has 160 valence electrons. The molecule has 1 saturated carbocycles. The highest BCUT2D eigenvalue weighted by molar-refractivity contribution is 9.10. The average Bonchev–Trinajstić information content (AvgIpc) is 3.39. The number of benzene rings is 2. The summed E-state index contributed by atoms with van der Waals surface area (Å²) in [4.78, 5) is 29.1. The molecule has 2 aliphatic rings. The smallest absolute Gasteiger partial charge is 0.271 e. The van der Waals surface area contributed by atoms with E-state index >= 15 is 0 Å². The topological polar surface area (TPSA) is 54.3 Å². The molecule has 0 saturated heterocycles. The fourth-order valence-corrected chi connectivity index (χ4v) is 5.43. The van der Waals surface area contributed by atoms with Crippen molar-refractivity contribution in [2.24, 2.45) is 0 Å². The lowest BCUT2D eigenvalue weighted by Crippen LogP contribution is -2.64. The molecular formula is C25H26BrN3O2. The van der Waals surface area contributed by atoms with E-state index in [1.165, 1.54) is 0 Å². The summed E-state index contributed by atoms with van der Waals surface area (Å²) in [7, 11) is 0. The number of nitrogens with one attached hydrogen (secondary N) is 1. The summed E-state index contributed by atoms with van der Waals surface area (Å²) in [6.45, 7) is 2.73. The van der Waals surface area contributed by atoms with Crippen molar-refractivity contribution >= 4 is 38.6 Å². The van der Waals surface area contributed by atoms with Crippen LogP contribution in [0.2, 0.25) is 0 Å². The Balaban J connectivity index is 1.57. The van der Waals surface area contributed by atoms with Gasteiger partial charge in [0.05, 0.1) is 6.54 Å². The molecule has 1 fully saturated rings. The van der Waals surface area contributed by atoms with Crippen LogP contribution >= 0.6 is 15.9 Å². The Kier molecular flexibility index (Phi) is 5.13. The van der Waals surface area contributed by atoms with Crippen LogP contribution < -0.4 is 5.32 Å². The van der Waals surface area contributed by atoms with Crippen molar-refractivity contribution in [3.63, 3.8) is 0 Å². The maximum atomic E-state index is 13.7. The first-order valence-corrected chi connectivity index (χ1v) is 11.7. The molecule has 5 nitrogen and oxygen atoms in total. The first-order valence-electron chi connectivity index (χ1n) is 10.9. The number of para-hydroxylation sites is 1. The fourth-order valence-electron chi connectivity index (χ4n) is 4.98. The Labute approximate surface area is 190 Å². The zero-order valence-corrected chi connectivity index (χ0v) is 19.2. The van der Waals surface area contributed by atoms with E-state index in [1.807, 2.05) is 66.1 Å². The largest absolute Gasteiger partial charge is 0.351 e. The van der Waals surface area contributed by atoms with Gasteiger partial charge in [0.15, 0.2) is 0 Å². The molecule has 2 amide bonds. The van der Waals surface area contributed by atoms with Crippen molar-refractivity contribution in [2.45, 2.75) is 57.3 Å². The Hall–Kier alpha value is -2.60. The van der Waals surface area contributed by atoms with Crippen molar-refractivity contribution in [2.75, 3.05) is 0 Å². The second-order valence-corrected chi connectivity index (χ2v) is 9.84. The fraction of sp³-hybridized carbons (Fsp3) is 0.360. The zero-order valence-electron chi connectivity index (χ0n) is 17.6. The molecule has 0 unspecified atom stereocenters. The lowest BCUT2D eigenvalue weighted by atomic mass is 9.93. The Morgan fingerprint density at radius 1 is 1.13 bits per heavy atom. The van der Waals surface area contributed by atoms with Gasteiger partial charge in [0.1, 0.15) is 11.2 Å². The van der Waals surface area contributed by atoms with Gasteiger partial charge in [-0.3, -0.25) is 9.59 Å². The van der Waals surface area contributed by atoms with E-state index in [-0.39, 0.29) is 17.9 Å². The molecule has 6 heteroatoms. The number of fused-ring (bicyclic) bond motifs is 3. The van der Waals surface area contributed by atoms with Crippen molar-refractivity contribution < 1.29 is 9.59 Å². The summed E-state index contributed by atoms with van der Waals surface area (Å²) in [5.74, 6) is -0.169. The average molecular weight is 480 g/mol. The molecule has 2 aromatic carbocycles. The minimum Gasteiger partial charge on any atom is -0.351 e. The first-order chi connectivity index (χ1) is 15.0. The van der Waals surface area contributed by atoms with Gasteiger partial charge in [0.25, 0.3) is 5.91 Å². The summed E-state index contributed by atoms with van der Waals surface area (Å²) in [5, 5.41) is 4.27. The lowest BCUT2D eigenvalue weighted by Gasteiger charge is -2.44. The second kappa shape index (κ2) is 7.83. The van der Waals surface area contributed by atoms with Crippen LogP contribution in [-0.2, 0) is 17.9 Å². The summed E-state index contributed by atoms with van der Waals surface area (Å²) in [6.07, 6.45) is 4.32. The van der Waals surface area contributed by atoms with Crippen LogP contribution in [0.3, 0.4) is 0 Å². The van der Waals surface area contributed by atoms with E-state index in [0.717, 1.165) is 46.6 Å². The van der Waals surface area contributed by atoms with Gasteiger partial charge in [-0.2, -0.15) is 0 Å². The normalized spacial score (nSPS) is 21.5. The number of halogens is 1. The minimum atomic E-state index is -0.975. The van der Waals surface area contributed by atoms with Crippen LogP contribution in [0.4, 0.5) is 0 Å². The summed E-state index contributed by atoms with van der Waals surface area (Å²) in [6, 6.07) is 18.1. The molecule has 2 heterocycles. The number of hydrogen-bond acceptors (Lipinski definition) is 2. The molecule has 1 aromatic heterocycles. The molecule has 31 heavy (non-hydrogen) atoms. The SMILES string of the molecule is C[C@]1(C(=O)NC2CCCC2)Cn2c(cc3ccccc32)C(=O)N1Cc1cccc(Br)c1. The van der Waals surface area contributed by atoms with Gasteiger partial charge in [-0.1, -0.05) is 59.1 Å². The predicted molar refractivity (Wildman–Crippen MR) is 125 cm³/mol. The quantitative estimate of drug-likeness (QED) is 0.579. The van der Waals surface area contributed by atoms with Gasteiger partial charge in [-0.25, -0.2) is 0 Å². The third-order valence-electron chi connectivity index (χ3n) is 6.75. The third-order valence-corrected chi connectivity index (χ3v) is 7.24. The van der Waals surface area contributed by atoms with E-state index < -0.39 is 5.54 Å². The van der Waals surface area contributed by atoms with Gasteiger partial charge < -0.3 is 14.8 Å². The molecule has 1 aliphatic heterocycles. The van der Waals surface area contributed by atoms with E-state index in [4.69, 9.17) is 0 Å². The summed E-state index contributed by atoms with van der Waals surface area (Å²) >= 11 is 3.52. The van der Waals surface area contributed by atoms with Gasteiger partial charge in [0.2, 0.25) is 5.91 Å². The second-order valence-electron chi connectivity index (χ2n) is 8.92. The van der Waals surface area contributed by atoms with Crippen LogP contribution in [0.5, 0.6) is 0 Å². The first kappa shape index (κ1) is 20.3. The molecule has 1 atom stereocenters. The van der Waals surface area contributed by atoms with Crippen molar-refractivity contribution in [3.05, 3.63) is 70.3 Å². The number of carbonyl (C=O) groups is 2. The molecule has 5 rings (SSSR count). The Morgan fingerprint density at radius 2 is 1.90 bits per heavy atom. The zero-order chi connectivity index (χ0) is 21.6. The number of aromatic nitrogens is 1. The van der Waals surface area contributed by atoms with E-state index in [0.29, 0.717) is 18.8 Å². The monoisotopic (exact) mass is 479 g/mol. The highest BCUT2D eigenvalue weighted by Gasteiger charge is 2.48. The minimum absolute atomic E-state index is 0.0637. The number of amides is 2. The maximum absolute atomic E-state index is 13.7. The molecular weight excluding hydrogens is 454 g/mol. The molecule has 1 aliphatic carbocycles. The van der Waals surface area contributed by atoms with Crippen LogP contribution in [0.15, 0.2) is 59.1 Å². The standard InChI is InChI=1S/C25H26BrN3O2/c1-25(24(31)27-20-10-3-4-11-20)16-28-21-12-5-2-8-18(21)14-22(28)23(30)29(25)15-17-7-6-9-19(26)13-17/h2,5-9,12-14,20H,3-4,10-11,15-16H2,1H3,(H,27,31)/t25-/m1/s1. The number of rotatable bonds is 4. The van der Waals surface area contributed by atoms with Gasteiger partial charge in [-0.05, 0) is 49.6 Å². The van der Waals surface area contributed by atoms with Crippen molar-refractivity contribution in [3.8, 4) is 0 Å². The van der Waals surface area contributed by atoms with Crippen molar-refractivity contribution in [1.82, 2.24) is 14.8 Å². The van der Waals surface area contributed by atoms with Crippen LogP contribution in [0, 0.1) is 0 Å². The van der Waals surface area contributed by atoms with Crippen molar-refractivity contribution in [1.29, 1.82) is 0 Å². The van der Waals surface area contributed by atoms with E-state index in [2.05, 4.69) is 21.2 Å². The summed E-state index contributed by atoms with van der Waals surface area (Å²) < 4.78 is 2.98. The van der Waals surface area contributed by atoms with Crippen LogP contribution in [-0.4, -0.2) is 32.9 Å². The highest BCUT2D eigenvalue weighted by atomic mass is 79.9. The Bertz CT molecular complexity index is 1160. The predicted octanol–water partition coefficient (Wildman–Crippen LogP) is 4.88. The maximum Gasteiger partial charge on any atom is 0.271 e. The van der Waals surface area contributed by atoms with Crippen LogP contribution in [0.25, 0.3) is 10.9 Å². The highest BCUT2D eigenvalue weighted by Crippen LogP contribution is 2.34. The van der Waals surface area contributed by atoms with Gasteiger partial charge in [0, 0.05) is 28.0 Å². The number of carbonyl (C=O) groups excluding carboxylic acids is 2. The Morgan fingerprint density at radius 3 is 2.68 bits per heavy atom. The third kappa shape index (κ3) is 3.57. The van der Waals surface area contributed by atoms with Gasteiger partial charge in [-0.15, -0.1) is 0 Å². The molecule has 0 radical (unpaired) electrons. The number of nitrogens with zero attached hydrogens (tertiary/aromatic N) is 2. The lowest BCUT2D eigenvalue weighted by molar-refractivity contribution is -0.133.